The van der Waals surface area contributed by atoms with E-state index in [9.17, 15) is 0 Å². The van der Waals surface area contributed by atoms with E-state index < -0.39 is 0 Å². The molecule has 1 aliphatic heterocycles. The summed E-state index contributed by atoms with van der Waals surface area (Å²) in [7, 11) is 0. The van der Waals surface area contributed by atoms with Crippen molar-refractivity contribution in [3.8, 4) is 0 Å². The molecule has 0 radical (unpaired) electrons. The Balaban J connectivity index is 1.73. The fourth-order valence-electron chi connectivity index (χ4n) is 3.37. The molecule has 106 valence electrons. The van der Waals surface area contributed by atoms with Gasteiger partial charge in [0.15, 0.2) is 0 Å². The molecule has 1 aliphatic carbocycles. The van der Waals surface area contributed by atoms with Crippen molar-refractivity contribution in [2.45, 2.75) is 83.8 Å². The maximum Gasteiger partial charge on any atom is 0.0224 e. The molecule has 0 spiro atoms. The van der Waals surface area contributed by atoms with Crippen molar-refractivity contribution in [2.75, 3.05) is 13.1 Å². The van der Waals surface area contributed by atoms with Crippen LogP contribution in [0.2, 0.25) is 0 Å². The molecule has 0 aromatic heterocycles. The minimum Gasteiger partial charge on any atom is -0.311 e. The predicted molar refractivity (Wildman–Crippen MR) is 78.9 cm³/mol. The van der Waals surface area contributed by atoms with E-state index in [2.05, 4.69) is 31.0 Å². The fourth-order valence-corrected chi connectivity index (χ4v) is 3.37. The Bertz CT molecular complexity index is 237. The quantitative estimate of drug-likeness (QED) is 0.699. The van der Waals surface area contributed by atoms with Gasteiger partial charge in [0.05, 0.1) is 0 Å². The Labute approximate surface area is 114 Å². The Morgan fingerprint density at radius 1 is 1.22 bits per heavy atom. The van der Waals surface area contributed by atoms with Gasteiger partial charge in [-0.2, -0.15) is 0 Å². The predicted octanol–water partition coefficient (Wildman–Crippen LogP) is 3.42. The smallest absolute Gasteiger partial charge is 0.0224 e. The van der Waals surface area contributed by atoms with Crippen LogP contribution >= 0.6 is 0 Å². The molecule has 2 heteroatoms. The van der Waals surface area contributed by atoms with Gasteiger partial charge in [-0.05, 0) is 39.0 Å². The molecule has 0 amide bonds. The van der Waals surface area contributed by atoms with Gasteiger partial charge in [0.2, 0.25) is 0 Å². The average molecular weight is 252 g/mol. The van der Waals surface area contributed by atoms with Crippen LogP contribution < -0.4 is 5.32 Å². The van der Waals surface area contributed by atoms with E-state index in [1.165, 1.54) is 58.0 Å². The van der Waals surface area contributed by atoms with Crippen LogP contribution in [-0.4, -0.2) is 36.1 Å². The summed E-state index contributed by atoms with van der Waals surface area (Å²) in [6.07, 6.45) is 9.92. The minimum atomic E-state index is 0.723. The molecule has 3 unspecified atom stereocenters. The van der Waals surface area contributed by atoms with Crippen LogP contribution in [0.15, 0.2) is 0 Å². The number of hydrogen-bond donors (Lipinski definition) is 1. The van der Waals surface area contributed by atoms with E-state index in [0.29, 0.717) is 0 Å². The van der Waals surface area contributed by atoms with E-state index in [-0.39, 0.29) is 0 Å². The molecule has 2 aliphatic rings. The first kappa shape index (κ1) is 14.3. The lowest BCUT2D eigenvalue weighted by atomic mass is 10.0. The summed E-state index contributed by atoms with van der Waals surface area (Å²) < 4.78 is 0. The van der Waals surface area contributed by atoms with Crippen molar-refractivity contribution >= 4 is 0 Å². The maximum atomic E-state index is 3.75. The zero-order valence-corrected chi connectivity index (χ0v) is 12.6. The third-order valence-electron chi connectivity index (χ3n) is 4.88. The van der Waals surface area contributed by atoms with Gasteiger partial charge in [-0.1, -0.05) is 32.6 Å². The Morgan fingerprint density at radius 3 is 2.67 bits per heavy atom. The third-order valence-corrected chi connectivity index (χ3v) is 4.88. The summed E-state index contributed by atoms with van der Waals surface area (Å²) in [6, 6.07) is 2.29. The highest BCUT2D eigenvalue weighted by molar-refractivity contribution is 4.94. The number of nitrogens with zero attached hydrogens (tertiary/aromatic N) is 1. The number of rotatable bonds is 7. The molecular formula is C16H32N2. The molecule has 1 heterocycles. The number of nitrogens with one attached hydrogen (secondary N) is 1. The average Bonchev–Trinajstić information content (AvgIpc) is 3.19. The number of unbranched alkanes of at least 4 members (excludes halogenated alkanes) is 3. The first-order valence-electron chi connectivity index (χ1n) is 8.21. The monoisotopic (exact) mass is 252 g/mol. The minimum absolute atomic E-state index is 0.723. The third kappa shape index (κ3) is 3.96. The topological polar surface area (TPSA) is 15.3 Å². The van der Waals surface area contributed by atoms with Crippen LogP contribution in [0.3, 0.4) is 0 Å². The SMILES string of the molecule is CCCCCCC(C)N1CC(C2CC2)NCC1C. The van der Waals surface area contributed by atoms with Crippen molar-refractivity contribution in [1.29, 1.82) is 0 Å². The normalized spacial score (nSPS) is 31.5. The second-order valence-electron chi connectivity index (χ2n) is 6.60. The van der Waals surface area contributed by atoms with Crippen LogP contribution in [-0.2, 0) is 0 Å². The molecule has 2 nitrogen and oxygen atoms in total. The summed E-state index contributed by atoms with van der Waals surface area (Å²) in [5.41, 5.74) is 0. The van der Waals surface area contributed by atoms with Crippen molar-refractivity contribution in [1.82, 2.24) is 10.2 Å². The van der Waals surface area contributed by atoms with E-state index >= 15 is 0 Å². The Morgan fingerprint density at radius 2 is 2.00 bits per heavy atom. The summed E-state index contributed by atoms with van der Waals surface area (Å²) in [4.78, 5) is 2.77. The van der Waals surface area contributed by atoms with Crippen molar-refractivity contribution in [3.05, 3.63) is 0 Å². The van der Waals surface area contributed by atoms with Gasteiger partial charge < -0.3 is 5.32 Å². The van der Waals surface area contributed by atoms with E-state index in [1.807, 2.05) is 0 Å². The van der Waals surface area contributed by atoms with Gasteiger partial charge in [-0.15, -0.1) is 0 Å². The molecule has 1 saturated carbocycles. The highest BCUT2D eigenvalue weighted by atomic mass is 15.2. The van der Waals surface area contributed by atoms with Gasteiger partial charge in [0, 0.05) is 31.2 Å². The molecule has 2 fully saturated rings. The van der Waals surface area contributed by atoms with Crippen LogP contribution in [0.25, 0.3) is 0 Å². The van der Waals surface area contributed by atoms with Gasteiger partial charge >= 0.3 is 0 Å². The number of piperazine rings is 1. The fraction of sp³-hybridized carbons (Fsp3) is 1.00. The van der Waals surface area contributed by atoms with E-state index in [4.69, 9.17) is 0 Å². The standard InChI is InChI=1S/C16H32N2/c1-4-5-6-7-8-13(2)18-12-16(15-9-10-15)17-11-14(18)3/h13-17H,4-12H2,1-3H3. The molecule has 0 aromatic rings. The Kier molecular flexibility index (Phi) is 5.50. The highest BCUT2D eigenvalue weighted by Crippen LogP contribution is 2.34. The molecule has 1 saturated heterocycles. The van der Waals surface area contributed by atoms with Crippen LogP contribution in [0.1, 0.15) is 65.7 Å². The van der Waals surface area contributed by atoms with Crippen molar-refractivity contribution in [3.63, 3.8) is 0 Å². The van der Waals surface area contributed by atoms with Crippen molar-refractivity contribution in [2.24, 2.45) is 5.92 Å². The molecule has 0 aromatic carbocycles. The van der Waals surface area contributed by atoms with Gasteiger partial charge in [0.1, 0.15) is 0 Å². The lowest BCUT2D eigenvalue weighted by Crippen LogP contribution is -2.58. The van der Waals surface area contributed by atoms with Crippen LogP contribution in [0, 0.1) is 5.92 Å². The van der Waals surface area contributed by atoms with E-state index in [1.54, 1.807) is 0 Å². The van der Waals surface area contributed by atoms with Gasteiger partial charge in [-0.25, -0.2) is 0 Å². The number of hydrogen-bond acceptors (Lipinski definition) is 2. The van der Waals surface area contributed by atoms with Gasteiger partial charge in [0.25, 0.3) is 0 Å². The van der Waals surface area contributed by atoms with Crippen LogP contribution in [0.4, 0.5) is 0 Å². The summed E-state index contributed by atoms with van der Waals surface area (Å²) in [5, 5.41) is 3.75. The zero-order chi connectivity index (χ0) is 13.0. The second-order valence-corrected chi connectivity index (χ2v) is 6.60. The van der Waals surface area contributed by atoms with E-state index in [0.717, 1.165) is 24.0 Å². The molecule has 18 heavy (non-hydrogen) atoms. The molecule has 0 bridgehead atoms. The Hall–Kier alpha value is -0.0800. The lowest BCUT2D eigenvalue weighted by molar-refractivity contribution is 0.0870. The summed E-state index contributed by atoms with van der Waals surface area (Å²) >= 11 is 0. The maximum absolute atomic E-state index is 3.75. The highest BCUT2D eigenvalue weighted by Gasteiger charge is 2.37. The molecule has 1 N–H and O–H groups in total. The molecular weight excluding hydrogens is 220 g/mol. The summed E-state index contributed by atoms with van der Waals surface area (Å²) in [6.45, 7) is 9.61. The first-order chi connectivity index (χ1) is 8.72. The second kappa shape index (κ2) is 6.91. The zero-order valence-electron chi connectivity index (χ0n) is 12.6. The molecule has 2 rings (SSSR count). The lowest BCUT2D eigenvalue weighted by Gasteiger charge is -2.42. The largest absolute Gasteiger partial charge is 0.311 e. The van der Waals surface area contributed by atoms with Gasteiger partial charge in [-0.3, -0.25) is 4.90 Å². The van der Waals surface area contributed by atoms with Crippen LogP contribution in [0.5, 0.6) is 0 Å². The summed E-state index contributed by atoms with van der Waals surface area (Å²) in [5.74, 6) is 0.993. The van der Waals surface area contributed by atoms with Crippen molar-refractivity contribution < 1.29 is 0 Å². The molecule has 3 atom stereocenters. The first-order valence-corrected chi connectivity index (χ1v) is 8.21.